The third-order valence-corrected chi connectivity index (χ3v) is 3.42. The summed E-state index contributed by atoms with van der Waals surface area (Å²) in [6, 6.07) is 8.61. The van der Waals surface area contributed by atoms with E-state index in [2.05, 4.69) is 31.4 Å². The van der Waals surface area contributed by atoms with Crippen LogP contribution in [-0.4, -0.2) is 12.6 Å². The molecule has 0 saturated carbocycles. The van der Waals surface area contributed by atoms with Crippen molar-refractivity contribution in [1.29, 1.82) is 0 Å². The van der Waals surface area contributed by atoms with E-state index in [1.54, 1.807) is 0 Å². The van der Waals surface area contributed by atoms with E-state index in [-0.39, 0.29) is 0 Å². The van der Waals surface area contributed by atoms with Gasteiger partial charge in [-0.05, 0) is 30.4 Å². The van der Waals surface area contributed by atoms with E-state index in [9.17, 15) is 0 Å². The molecule has 3 heteroatoms. The van der Waals surface area contributed by atoms with Crippen LogP contribution in [0.15, 0.2) is 24.3 Å². The van der Waals surface area contributed by atoms with Crippen molar-refractivity contribution in [3.05, 3.63) is 29.8 Å². The highest BCUT2D eigenvalue weighted by molar-refractivity contribution is 5.35. The minimum Gasteiger partial charge on any atom is -0.493 e. The lowest BCUT2D eigenvalue weighted by molar-refractivity contribution is 0.172. The van der Waals surface area contributed by atoms with Crippen LogP contribution in [0.25, 0.3) is 0 Å². The fraction of sp³-hybridized carbons (Fsp3) is 0.571. The molecular formula is C14H22N2O. The molecule has 0 aliphatic carbocycles. The van der Waals surface area contributed by atoms with E-state index >= 15 is 0 Å². The summed E-state index contributed by atoms with van der Waals surface area (Å²) in [5, 5.41) is 0. The second-order valence-electron chi connectivity index (χ2n) is 5.29. The van der Waals surface area contributed by atoms with Crippen LogP contribution >= 0.6 is 0 Å². The van der Waals surface area contributed by atoms with E-state index in [0.29, 0.717) is 17.9 Å². The van der Waals surface area contributed by atoms with Gasteiger partial charge in [0.2, 0.25) is 0 Å². The number of benzene rings is 1. The minimum atomic E-state index is 0.336. The molecule has 3 N–H and O–H groups in total. The number of nitrogens with one attached hydrogen (secondary N) is 1. The highest BCUT2D eigenvalue weighted by Crippen LogP contribution is 2.29. The summed E-state index contributed by atoms with van der Waals surface area (Å²) in [4.78, 5) is 0. The molecule has 2 atom stereocenters. The minimum absolute atomic E-state index is 0.336. The summed E-state index contributed by atoms with van der Waals surface area (Å²) in [7, 11) is 0. The monoisotopic (exact) mass is 234 g/mol. The Hall–Kier alpha value is -1.06. The zero-order valence-corrected chi connectivity index (χ0v) is 10.6. The zero-order valence-electron chi connectivity index (χ0n) is 10.6. The van der Waals surface area contributed by atoms with Crippen molar-refractivity contribution in [3.63, 3.8) is 0 Å². The number of hydrogen-bond acceptors (Lipinski definition) is 3. The van der Waals surface area contributed by atoms with Crippen LogP contribution in [0.5, 0.6) is 5.75 Å². The van der Waals surface area contributed by atoms with Gasteiger partial charge in [-0.15, -0.1) is 0 Å². The molecule has 1 aromatic carbocycles. The molecule has 2 rings (SSSR count). The fourth-order valence-corrected chi connectivity index (χ4v) is 2.51. The van der Waals surface area contributed by atoms with Crippen LogP contribution < -0.4 is 16.0 Å². The molecule has 17 heavy (non-hydrogen) atoms. The Kier molecular flexibility index (Phi) is 4.02. The molecule has 0 amide bonds. The van der Waals surface area contributed by atoms with Gasteiger partial charge < -0.3 is 4.74 Å². The van der Waals surface area contributed by atoms with Crippen molar-refractivity contribution in [1.82, 2.24) is 5.43 Å². The lowest BCUT2D eigenvalue weighted by atomic mass is 9.86. The highest BCUT2D eigenvalue weighted by Gasteiger charge is 2.27. The number of nitrogens with two attached hydrogens (primary N) is 1. The largest absolute Gasteiger partial charge is 0.493 e. The SMILES string of the molecule is CC(C)CC(NN)C1COc2ccccc2C1. The van der Waals surface area contributed by atoms with Gasteiger partial charge in [-0.2, -0.15) is 0 Å². The van der Waals surface area contributed by atoms with Crippen molar-refractivity contribution in [2.45, 2.75) is 32.7 Å². The Morgan fingerprint density at radius 1 is 1.41 bits per heavy atom. The van der Waals surface area contributed by atoms with Gasteiger partial charge in [-0.3, -0.25) is 11.3 Å². The first-order valence-electron chi connectivity index (χ1n) is 6.37. The number of rotatable bonds is 4. The first kappa shape index (κ1) is 12.4. The summed E-state index contributed by atoms with van der Waals surface area (Å²) in [6.45, 7) is 5.21. The molecule has 0 radical (unpaired) electrons. The molecule has 0 saturated heterocycles. The topological polar surface area (TPSA) is 47.3 Å². The van der Waals surface area contributed by atoms with E-state index in [1.807, 2.05) is 12.1 Å². The standard InChI is InChI=1S/C14H22N2O/c1-10(2)7-13(16-15)12-8-11-5-3-4-6-14(11)17-9-12/h3-6,10,12-13,16H,7-9,15H2,1-2H3. The first-order chi connectivity index (χ1) is 8.20. The predicted molar refractivity (Wildman–Crippen MR) is 69.7 cm³/mol. The lowest BCUT2D eigenvalue weighted by Crippen LogP contribution is -2.45. The quantitative estimate of drug-likeness (QED) is 0.619. The first-order valence-corrected chi connectivity index (χ1v) is 6.37. The Morgan fingerprint density at radius 2 is 2.18 bits per heavy atom. The molecule has 1 heterocycles. The maximum Gasteiger partial charge on any atom is 0.122 e. The summed E-state index contributed by atoms with van der Waals surface area (Å²) in [6.07, 6.45) is 2.14. The van der Waals surface area contributed by atoms with Gasteiger partial charge in [-0.1, -0.05) is 32.0 Å². The Labute approximate surface area is 103 Å². The van der Waals surface area contributed by atoms with Crippen molar-refractivity contribution < 1.29 is 4.74 Å². The molecule has 0 spiro atoms. The molecule has 2 unspecified atom stereocenters. The second kappa shape index (κ2) is 5.52. The summed E-state index contributed by atoms with van der Waals surface area (Å²) in [5.74, 6) is 7.81. The van der Waals surface area contributed by atoms with E-state index < -0.39 is 0 Å². The summed E-state index contributed by atoms with van der Waals surface area (Å²) < 4.78 is 5.80. The van der Waals surface area contributed by atoms with Crippen LogP contribution in [-0.2, 0) is 6.42 Å². The molecule has 94 valence electrons. The predicted octanol–water partition coefficient (Wildman–Crippen LogP) is 2.12. The molecule has 0 bridgehead atoms. The molecule has 0 fully saturated rings. The maximum absolute atomic E-state index is 5.80. The third kappa shape index (κ3) is 2.99. The normalized spacial score (nSPS) is 20.8. The van der Waals surface area contributed by atoms with Gasteiger partial charge in [0, 0.05) is 12.0 Å². The Balaban J connectivity index is 2.05. The van der Waals surface area contributed by atoms with Crippen LogP contribution in [0, 0.1) is 11.8 Å². The van der Waals surface area contributed by atoms with Gasteiger partial charge >= 0.3 is 0 Å². The van der Waals surface area contributed by atoms with Gasteiger partial charge in [0.05, 0.1) is 6.61 Å². The van der Waals surface area contributed by atoms with E-state index in [1.165, 1.54) is 5.56 Å². The van der Waals surface area contributed by atoms with Crippen molar-refractivity contribution in [2.24, 2.45) is 17.7 Å². The molecule has 0 aromatic heterocycles. The van der Waals surface area contributed by atoms with Gasteiger partial charge in [0.1, 0.15) is 5.75 Å². The molecule has 1 aliphatic heterocycles. The average molecular weight is 234 g/mol. The number of fused-ring (bicyclic) bond motifs is 1. The lowest BCUT2D eigenvalue weighted by Gasteiger charge is -2.32. The average Bonchev–Trinajstić information content (AvgIpc) is 2.35. The zero-order chi connectivity index (χ0) is 12.3. The van der Waals surface area contributed by atoms with Crippen molar-refractivity contribution in [3.8, 4) is 5.75 Å². The molecule has 1 aliphatic rings. The van der Waals surface area contributed by atoms with Crippen molar-refractivity contribution >= 4 is 0 Å². The number of hydrazine groups is 1. The summed E-state index contributed by atoms with van der Waals surface area (Å²) in [5.41, 5.74) is 4.25. The van der Waals surface area contributed by atoms with Gasteiger partial charge in [0.25, 0.3) is 0 Å². The van der Waals surface area contributed by atoms with Crippen LogP contribution in [0.2, 0.25) is 0 Å². The number of para-hydroxylation sites is 1. The van der Waals surface area contributed by atoms with E-state index in [0.717, 1.165) is 25.2 Å². The van der Waals surface area contributed by atoms with Crippen LogP contribution in [0.4, 0.5) is 0 Å². The smallest absolute Gasteiger partial charge is 0.122 e. The van der Waals surface area contributed by atoms with Crippen LogP contribution in [0.3, 0.4) is 0 Å². The fourth-order valence-electron chi connectivity index (χ4n) is 2.51. The molecular weight excluding hydrogens is 212 g/mol. The number of hydrogen-bond donors (Lipinski definition) is 2. The van der Waals surface area contributed by atoms with Gasteiger partial charge in [0.15, 0.2) is 0 Å². The van der Waals surface area contributed by atoms with Crippen LogP contribution in [0.1, 0.15) is 25.8 Å². The molecule has 1 aromatic rings. The highest BCUT2D eigenvalue weighted by atomic mass is 16.5. The second-order valence-corrected chi connectivity index (χ2v) is 5.29. The Bertz CT molecular complexity index is 365. The van der Waals surface area contributed by atoms with Gasteiger partial charge in [-0.25, -0.2) is 0 Å². The third-order valence-electron chi connectivity index (χ3n) is 3.42. The maximum atomic E-state index is 5.80. The Morgan fingerprint density at radius 3 is 2.88 bits per heavy atom. The summed E-state index contributed by atoms with van der Waals surface area (Å²) >= 11 is 0. The number of ether oxygens (including phenoxy) is 1. The van der Waals surface area contributed by atoms with E-state index in [4.69, 9.17) is 10.6 Å². The van der Waals surface area contributed by atoms with Crippen molar-refractivity contribution in [2.75, 3.05) is 6.61 Å². The molecule has 3 nitrogen and oxygen atoms in total.